The zero-order valence-electron chi connectivity index (χ0n) is 22.5. The second kappa shape index (κ2) is 12.1. The van der Waals surface area contributed by atoms with Gasteiger partial charge in [0.25, 0.3) is 0 Å². The van der Waals surface area contributed by atoms with E-state index in [0.717, 1.165) is 27.8 Å². The van der Waals surface area contributed by atoms with Crippen molar-refractivity contribution < 1.29 is 24.2 Å². The molecule has 2 amide bonds. The second-order valence-corrected chi connectivity index (χ2v) is 11.1. The minimum atomic E-state index is -1.11. The van der Waals surface area contributed by atoms with Gasteiger partial charge in [0.2, 0.25) is 5.91 Å². The van der Waals surface area contributed by atoms with Gasteiger partial charge in [0.1, 0.15) is 18.7 Å². The molecule has 0 saturated carbocycles. The van der Waals surface area contributed by atoms with Gasteiger partial charge in [-0.3, -0.25) is 9.78 Å². The molecule has 0 bridgehead atoms. The van der Waals surface area contributed by atoms with E-state index in [-0.39, 0.29) is 30.8 Å². The maximum absolute atomic E-state index is 13.2. The number of amides is 2. The summed E-state index contributed by atoms with van der Waals surface area (Å²) in [6, 6.07) is 17.5. The standard InChI is InChI=1S/C31H35N3O5/c1-31(2,3)15-12-26(29(36)37)33-28(35)27(18-20-13-16-32-17-14-20)34-30(38)39-19-25-23-10-6-4-8-21(23)22-9-5-7-11-24(22)25/h4-11,13-14,16-17,25-27H,12,15,18-19H2,1-3H3,(H,33,35)(H,34,38)(H,36,37)/t26-,27-/m0/s1. The number of carboxylic acid groups (broad SMARTS) is 1. The van der Waals surface area contributed by atoms with E-state index >= 15 is 0 Å². The predicted molar refractivity (Wildman–Crippen MR) is 148 cm³/mol. The van der Waals surface area contributed by atoms with Gasteiger partial charge in [0.15, 0.2) is 0 Å². The smallest absolute Gasteiger partial charge is 0.407 e. The van der Waals surface area contributed by atoms with Crippen molar-refractivity contribution in [2.75, 3.05) is 6.61 Å². The maximum atomic E-state index is 13.2. The third-order valence-corrected chi connectivity index (χ3v) is 6.94. The van der Waals surface area contributed by atoms with E-state index in [4.69, 9.17) is 4.74 Å². The van der Waals surface area contributed by atoms with Crippen LogP contribution in [-0.4, -0.2) is 46.8 Å². The van der Waals surface area contributed by atoms with Crippen LogP contribution in [0.3, 0.4) is 0 Å². The zero-order valence-corrected chi connectivity index (χ0v) is 22.5. The van der Waals surface area contributed by atoms with Crippen molar-refractivity contribution in [1.82, 2.24) is 15.6 Å². The number of benzene rings is 2. The first-order valence-electron chi connectivity index (χ1n) is 13.2. The Balaban J connectivity index is 1.45. The van der Waals surface area contributed by atoms with Crippen molar-refractivity contribution >= 4 is 18.0 Å². The number of hydrogen-bond donors (Lipinski definition) is 3. The van der Waals surface area contributed by atoms with E-state index in [9.17, 15) is 19.5 Å². The summed E-state index contributed by atoms with van der Waals surface area (Å²) in [5.41, 5.74) is 5.08. The summed E-state index contributed by atoms with van der Waals surface area (Å²) in [6.07, 6.45) is 3.50. The number of ether oxygens (including phenoxy) is 1. The lowest BCUT2D eigenvalue weighted by Gasteiger charge is -2.24. The Morgan fingerprint density at radius 2 is 1.49 bits per heavy atom. The Bertz CT molecular complexity index is 1270. The Morgan fingerprint density at radius 3 is 2.05 bits per heavy atom. The third kappa shape index (κ3) is 7.22. The first-order chi connectivity index (χ1) is 18.6. The summed E-state index contributed by atoms with van der Waals surface area (Å²) < 4.78 is 5.64. The molecule has 2 aromatic carbocycles. The van der Waals surface area contributed by atoms with Gasteiger partial charge in [-0.25, -0.2) is 9.59 Å². The molecule has 1 aromatic heterocycles. The molecule has 204 valence electrons. The number of nitrogens with one attached hydrogen (secondary N) is 2. The van der Waals surface area contributed by atoms with Crippen LogP contribution in [0.4, 0.5) is 4.79 Å². The van der Waals surface area contributed by atoms with Gasteiger partial charge >= 0.3 is 12.1 Å². The van der Waals surface area contributed by atoms with E-state index in [1.165, 1.54) is 0 Å². The highest BCUT2D eigenvalue weighted by Gasteiger charge is 2.31. The number of aromatic nitrogens is 1. The highest BCUT2D eigenvalue weighted by molar-refractivity contribution is 5.89. The molecule has 1 aliphatic carbocycles. The number of hydrogen-bond acceptors (Lipinski definition) is 5. The monoisotopic (exact) mass is 529 g/mol. The molecule has 0 spiro atoms. The third-order valence-electron chi connectivity index (χ3n) is 6.94. The zero-order chi connectivity index (χ0) is 28.0. The van der Waals surface area contributed by atoms with Gasteiger partial charge in [-0.05, 0) is 58.2 Å². The van der Waals surface area contributed by atoms with Crippen LogP contribution in [0.1, 0.15) is 56.2 Å². The molecule has 2 atom stereocenters. The highest BCUT2D eigenvalue weighted by Crippen LogP contribution is 2.44. The first kappa shape index (κ1) is 27.8. The number of nitrogens with zero attached hydrogens (tertiary/aromatic N) is 1. The lowest BCUT2D eigenvalue weighted by molar-refractivity contribution is -0.142. The summed E-state index contributed by atoms with van der Waals surface area (Å²) in [5, 5.41) is 15.0. The fourth-order valence-corrected chi connectivity index (χ4v) is 4.85. The Kier molecular flexibility index (Phi) is 8.64. The van der Waals surface area contributed by atoms with Crippen molar-refractivity contribution in [3.63, 3.8) is 0 Å². The Hall–Kier alpha value is -4.20. The highest BCUT2D eigenvalue weighted by atomic mass is 16.5. The molecule has 0 unspecified atom stereocenters. The number of aliphatic carboxylic acids is 1. The van der Waals surface area contributed by atoms with Crippen LogP contribution >= 0.6 is 0 Å². The van der Waals surface area contributed by atoms with Crippen molar-refractivity contribution in [2.24, 2.45) is 5.41 Å². The molecule has 4 rings (SSSR count). The summed E-state index contributed by atoms with van der Waals surface area (Å²) in [6.45, 7) is 6.14. The van der Waals surface area contributed by atoms with Gasteiger partial charge < -0.3 is 20.5 Å². The van der Waals surface area contributed by atoms with E-state index in [2.05, 4.69) is 27.8 Å². The van der Waals surface area contributed by atoms with Crippen molar-refractivity contribution in [1.29, 1.82) is 0 Å². The molecule has 1 heterocycles. The van der Waals surface area contributed by atoms with Crippen LogP contribution in [0.25, 0.3) is 11.1 Å². The van der Waals surface area contributed by atoms with Gasteiger partial charge in [0, 0.05) is 24.7 Å². The lowest BCUT2D eigenvalue weighted by atomic mass is 9.88. The average Bonchev–Trinajstić information content (AvgIpc) is 3.23. The topological polar surface area (TPSA) is 118 Å². The molecule has 8 nitrogen and oxygen atoms in total. The molecular weight excluding hydrogens is 494 g/mol. The molecular formula is C31H35N3O5. The van der Waals surface area contributed by atoms with Gasteiger partial charge in [-0.1, -0.05) is 69.3 Å². The van der Waals surface area contributed by atoms with E-state index in [1.54, 1.807) is 24.5 Å². The molecule has 8 heteroatoms. The molecule has 39 heavy (non-hydrogen) atoms. The van der Waals surface area contributed by atoms with Crippen LogP contribution in [0.5, 0.6) is 0 Å². The molecule has 0 fully saturated rings. The molecule has 0 aliphatic heterocycles. The number of carboxylic acids is 1. The van der Waals surface area contributed by atoms with E-state index in [1.807, 2.05) is 57.2 Å². The fourth-order valence-electron chi connectivity index (χ4n) is 4.85. The van der Waals surface area contributed by atoms with Crippen LogP contribution in [0, 0.1) is 5.41 Å². The minimum absolute atomic E-state index is 0.0889. The number of pyridine rings is 1. The van der Waals surface area contributed by atoms with Gasteiger partial charge in [-0.2, -0.15) is 0 Å². The van der Waals surface area contributed by atoms with Crippen LogP contribution in [0.2, 0.25) is 0 Å². The Morgan fingerprint density at radius 1 is 0.897 bits per heavy atom. The Labute approximate surface area is 228 Å². The summed E-state index contributed by atoms with van der Waals surface area (Å²) in [7, 11) is 0. The maximum Gasteiger partial charge on any atom is 0.407 e. The van der Waals surface area contributed by atoms with Crippen LogP contribution in [-0.2, 0) is 20.7 Å². The summed E-state index contributed by atoms with van der Waals surface area (Å²) in [4.78, 5) is 42.1. The average molecular weight is 530 g/mol. The molecule has 3 N–H and O–H groups in total. The van der Waals surface area contributed by atoms with Crippen molar-refractivity contribution in [3.05, 3.63) is 89.7 Å². The number of carbonyl (C=O) groups is 3. The molecule has 0 saturated heterocycles. The van der Waals surface area contributed by atoms with E-state index in [0.29, 0.717) is 6.42 Å². The van der Waals surface area contributed by atoms with Crippen LogP contribution < -0.4 is 10.6 Å². The quantitative estimate of drug-likeness (QED) is 0.343. The summed E-state index contributed by atoms with van der Waals surface area (Å²) in [5.74, 6) is -1.82. The number of fused-ring (bicyclic) bond motifs is 3. The largest absolute Gasteiger partial charge is 0.480 e. The van der Waals surface area contributed by atoms with E-state index < -0.39 is 30.1 Å². The van der Waals surface area contributed by atoms with Gasteiger partial charge in [0.05, 0.1) is 0 Å². The molecule has 0 radical (unpaired) electrons. The SMILES string of the molecule is CC(C)(C)CC[C@H](NC(=O)[C@H](Cc1ccncc1)NC(=O)OCC1c2ccccc2-c2ccccc21)C(=O)O. The number of alkyl carbamates (subject to hydrolysis) is 1. The van der Waals surface area contributed by atoms with Gasteiger partial charge in [-0.15, -0.1) is 0 Å². The molecule has 1 aliphatic rings. The minimum Gasteiger partial charge on any atom is -0.480 e. The van der Waals surface area contributed by atoms with Crippen LogP contribution in [0.15, 0.2) is 73.1 Å². The number of carbonyl (C=O) groups excluding carboxylic acids is 2. The van der Waals surface area contributed by atoms with Crippen molar-refractivity contribution in [2.45, 2.75) is 58.0 Å². The fraction of sp³-hybridized carbons (Fsp3) is 0.355. The second-order valence-electron chi connectivity index (χ2n) is 11.1. The first-order valence-corrected chi connectivity index (χ1v) is 13.2. The number of rotatable bonds is 10. The normalized spacial score (nSPS) is 14.0. The summed E-state index contributed by atoms with van der Waals surface area (Å²) >= 11 is 0. The molecule has 3 aromatic rings. The van der Waals surface area contributed by atoms with Crippen molar-refractivity contribution in [3.8, 4) is 11.1 Å². The lowest BCUT2D eigenvalue weighted by Crippen LogP contribution is -2.52. The predicted octanol–water partition coefficient (Wildman–Crippen LogP) is 4.93.